The number of fused-ring (bicyclic) bond motifs is 1. The summed E-state index contributed by atoms with van der Waals surface area (Å²) in [5.74, 6) is -0.136. The summed E-state index contributed by atoms with van der Waals surface area (Å²) in [7, 11) is 1.77. The lowest BCUT2D eigenvalue weighted by molar-refractivity contribution is 0.0318. The van der Waals surface area contributed by atoms with E-state index < -0.39 is 12.1 Å². The number of hydrogen-bond donors (Lipinski definition) is 1. The summed E-state index contributed by atoms with van der Waals surface area (Å²) in [6.07, 6.45) is -0.675. The van der Waals surface area contributed by atoms with Crippen LogP contribution in [0.5, 0.6) is 0 Å². The van der Waals surface area contributed by atoms with Gasteiger partial charge in [0.05, 0.1) is 11.1 Å². The number of carbonyl (C=O) groups is 1. The molecular weight excluding hydrogens is 340 g/mol. The smallest absolute Gasteiger partial charge is 0.342 e. The summed E-state index contributed by atoms with van der Waals surface area (Å²) in [4.78, 5) is 33.8. The van der Waals surface area contributed by atoms with Crippen LogP contribution in [0.4, 0.5) is 0 Å². The normalized spacial score (nSPS) is 12.6. The Morgan fingerprint density at radius 3 is 2.56 bits per heavy atom. The Kier molecular flexibility index (Phi) is 4.24. The average Bonchev–Trinajstić information content (AvgIpc) is 2.95. The van der Waals surface area contributed by atoms with Crippen LogP contribution in [-0.2, 0) is 11.8 Å². The summed E-state index contributed by atoms with van der Waals surface area (Å²) in [6.45, 7) is 9.12. The second kappa shape index (κ2) is 6.11. The number of hydrogen-bond acceptors (Lipinski definition) is 6. The van der Waals surface area contributed by atoms with E-state index in [1.165, 1.54) is 11.3 Å². The molecule has 0 aliphatic heterocycles. The molecule has 1 N–H and O–H groups in total. The van der Waals surface area contributed by atoms with E-state index in [4.69, 9.17) is 4.74 Å². The lowest BCUT2D eigenvalue weighted by Crippen LogP contribution is -2.18. The van der Waals surface area contributed by atoms with Gasteiger partial charge >= 0.3 is 5.97 Å². The standard InChI is InChI=1S/C17H20N4O3S/c1-7-11(5)25-16-12(7)15(22)18-14(19-16)10(4)24-17(23)13-8(2)20-21(6)9(13)3/h10H,1-6H3,(H,18,19,22). The molecule has 0 amide bonds. The van der Waals surface area contributed by atoms with Gasteiger partial charge in [-0.3, -0.25) is 9.48 Å². The molecule has 3 aromatic heterocycles. The monoisotopic (exact) mass is 360 g/mol. The molecule has 0 saturated heterocycles. The van der Waals surface area contributed by atoms with Gasteiger partial charge < -0.3 is 9.72 Å². The minimum atomic E-state index is -0.675. The molecule has 1 unspecified atom stereocenters. The van der Waals surface area contributed by atoms with Gasteiger partial charge in [0, 0.05) is 17.6 Å². The van der Waals surface area contributed by atoms with Gasteiger partial charge in [0.2, 0.25) is 0 Å². The minimum Gasteiger partial charge on any atom is -0.451 e. The van der Waals surface area contributed by atoms with Crippen molar-refractivity contribution in [3.05, 3.63) is 43.6 Å². The Morgan fingerprint density at radius 2 is 1.96 bits per heavy atom. The molecule has 25 heavy (non-hydrogen) atoms. The number of nitrogens with one attached hydrogen (secondary N) is 1. The summed E-state index contributed by atoms with van der Waals surface area (Å²) in [5.41, 5.74) is 2.51. The molecule has 0 radical (unpaired) electrons. The van der Waals surface area contributed by atoms with Crippen LogP contribution in [0.3, 0.4) is 0 Å². The second-order valence-corrected chi connectivity index (χ2v) is 7.33. The van der Waals surface area contributed by atoms with Crippen LogP contribution in [0.25, 0.3) is 10.2 Å². The topological polar surface area (TPSA) is 89.9 Å². The number of rotatable bonds is 3. The van der Waals surface area contributed by atoms with Crippen molar-refractivity contribution in [2.45, 2.75) is 40.7 Å². The molecule has 132 valence electrons. The number of carbonyl (C=O) groups excluding carboxylic acids is 1. The van der Waals surface area contributed by atoms with E-state index in [-0.39, 0.29) is 5.56 Å². The van der Waals surface area contributed by atoms with Crippen molar-refractivity contribution in [3.8, 4) is 0 Å². The van der Waals surface area contributed by atoms with Gasteiger partial charge in [0.15, 0.2) is 11.9 Å². The number of ether oxygens (including phenoxy) is 1. The third-order valence-corrected chi connectivity index (χ3v) is 5.54. The number of esters is 1. The van der Waals surface area contributed by atoms with Crippen molar-refractivity contribution in [2.75, 3.05) is 0 Å². The van der Waals surface area contributed by atoms with Crippen LogP contribution in [0.2, 0.25) is 0 Å². The van der Waals surface area contributed by atoms with Gasteiger partial charge in [-0.2, -0.15) is 5.10 Å². The zero-order valence-corrected chi connectivity index (χ0v) is 15.9. The Balaban J connectivity index is 1.93. The molecule has 3 heterocycles. The van der Waals surface area contributed by atoms with E-state index in [1.54, 1.807) is 25.6 Å². The third-order valence-electron chi connectivity index (χ3n) is 4.44. The summed E-state index contributed by atoms with van der Waals surface area (Å²) in [6, 6.07) is 0. The molecule has 7 nitrogen and oxygen atoms in total. The summed E-state index contributed by atoms with van der Waals surface area (Å²) < 4.78 is 7.16. The Labute approximate surface area is 148 Å². The number of nitrogens with zero attached hydrogens (tertiary/aromatic N) is 3. The van der Waals surface area contributed by atoms with Crippen molar-refractivity contribution in [1.82, 2.24) is 19.7 Å². The molecule has 0 saturated carbocycles. The molecule has 0 spiro atoms. The van der Waals surface area contributed by atoms with Crippen molar-refractivity contribution in [1.29, 1.82) is 0 Å². The van der Waals surface area contributed by atoms with Crippen LogP contribution in [0.15, 0.2) is 4.79 Å². The van der Waals surface area contributed by atoms with Crippen LogP contribution < -0.4 is 5.56 Å². The molecule has 3 aromatic rings. The van der Waals surface area contributed by atoms with Gasteiger partial charge in [-0.05, 0) is 40.2 Å². The first-order valence-corrected chi connectivity index (χ1v) is 8.73. The predicted octanol–water partition coefficient (Wildman–Crippen LogP) is 2.87. The van der Waals surface area contributed by atoms with Gasteiger partial charge in [0.25, 0.3) is 5.56 Å². The fourth-order valence-electron chi connectivity index (χ4n) is 2.81. The first-order chi connectivity index (χ1) is 11.7. The predicted molar refractivity (Wildman–Crippen MR) is 96.2 cm³/mol. The summed E-state index contributed by atoms with van der Waals surface area (Å²) in [5, 5.41) is 4.82. The SMILES string of the molecule is Cc1nn(C)c(C)c1C(=O)OC(C)c1nc2sc(C)c(C)c2c(=O)[nH]1. The number of aryl methyl sites for hydroxylation is 4. The Bertz CT molecular complexity index is 1040. The highest BCUT2D eigenvalue weighted by molar-refractivity contribution is 7.18. The van der Waals surface area contributed by atoms with E-state index in [9.17, 15) is 9.59 Å². The zero-order chi connectivity index (χ0) is 18.5. The van der Waals surface area contributed by atoms with E-state index in [2.05, 4.69) is 15.1 Å². The second-order valence-electron chi connectivity index (χ2n) is 6.13. The van der Waals surface area contributed by atoms with Crippen molar-refractivity contribution in [3.63, 3.8) is 0 Å². The fourth-order valence-corrected chi connectivity index (χ4v) is 3.85. The highest BCUT2D eigenvalue weighted by Crippen LogP contribution is 2.27. The maximum Gasteiger partial charge on any atom is 0.342 e. The minimum absolute atomic E-state index is 0.210. The number of aromatic amines is 1. The fraction of sp³-hybridized carbons (Fsp3) is 0.412. The zero-order valence-electron chi connectivity index (χ0n) is 15.1. The van der Waals surface area contributed by atoms with Crippen LogP contribution in [0.1, 0.15) is 51.0 Å². The summed E-state index contributed by atoms with van der Waals surface area (Å²) >= 11 is 1.46. The molecule has 0 aliphatic carbocycles. The number of aromatic nitrogens is 4. The van der Waals surface area contributed by atoms with E-state index >= 15 is 0 Å². The van der Waals surface area contributed by atoms with Crippen molar-refractivity contribution in [2.24, 2.45) is 7.05 Å². The average molecular weight is 360 g/mol. The number of thiophene rings is 1. The van der Waals surface area contributed by atoms with Gasteiger partial charge in [-0.15, -0.1) is 11.3 Å². The lowest BCUT2D eigenvalue weighted by Gasteiger charge is -2.12. The molecule has 8 heteroatoms. The van der Waals surface area contributed by atoms with E-state index in [0.29, 0.717) is 27.3 Å². The first-order valence-electron chi connectivity index (χ1n) is 7.91. The maximum atomic E-state index is 12.5. The molecule has 0 bridgehead atoms. The Hall–Kier alpha value is -2.48. The van der Waals surface area contributed by atoms with Crippen molar-refractivity contribution >= 4 is 27.5 Å². The van der Waals surface area contributed by atoms with Crippen molar-refractivity contribution < 1.29 is 9.53 Å². The van der Waals surface area contributed by atoms with Gasteiger partial charge in [0.1, 0.15) is 10.4 Å². The van der Waals surface area contributed by atoms with E-state index in [0.717, 1.165) is 16.1 Å². The van der Waals surface area contributed by atoms with Gasteiger partial charge in [-0.1, -0.05) is 0 Å². The molecule has 0 aromatic carbocycles. The third kappa shape index (κ3) is 2.86. The molecule has 0 fully saturated rings. The molecule has 1 atom stereocenters. The van der Waals surface area contributed by atoms with E-state index in [1.807, 2.05) is 20.8 Å². The molecular formula is C17H20N4O3S. The lowest BCUT2D eigenvalue weighted by atomic mass is 10.2. The van der Waals surface area contributed by atoms with Crippen LogP contribution in [0, 0.1) is 27.7 Å². The number of H-pyrrole nitrogens is 1. The quantitative estimate of drug-likeness (QED) is 0.725. The van der Waals surface area contributed by atoms with Gasteiger partial charge in [-0.25, -0.2) is 9.78 Å². The largest absolute Gasteiger partial charge is 0.451 e. The highest BCUT2D eigenvalue weighted by Gasteiger charge is 2.23. The molecule has 0 aliphatic rings. The Morgan fingerprint density at radius 1 is 1.28 bits per heavy atom. The maximum absolute atomic E-state index is 12.5. The highest BCUT2D eigenvalue weighted by atomic mass is 32.1. The van der Waals surface area contributed by atoms with Crippen LogP contribution in [-0.4, -0.2) is 25.7 Å². The molecule has 3 rings (SSSR count). The first kappa shape index (κ1) is 17.3. The van der Waals surface area contributed by atoms with Crippen LogP contribution >= 0.6 is 11.3 Å².